The number of hydrogen-bond acceptors (Lipinski definition) is 3. The van der Waals surface area contributed by atoms with Crippen LogP contribution in [0.15, 0.2) is 18.2 Å². The van der Waals surface area contributed by atoms with Gasteiger partial charge in [0.15, 0.2) is 0 Å². The Kier molecular flexibility index (Phi) is 4.58. The fourth-order valence-electron chi connectivity index (χ4n) is 2.87. The summed E-state index contributed by atoms with van der Waals surface area (Å²) in [6.07, 6.45) is 8.16. The molecule has 20 heavy (non-hydrogen) atoms. The van der Waals surface area contributed by atoms with Gasteiger partial charge in [0.25, 0.3) is 0 Å². The van der Waals surface area contributed by atoms with Crippen LogP contribution >= 0.6 is 0 Å². The summed E-state index contributed by atoms with van der Waals surface area (Å²) in [5.74, 6) is 0.943. The molecule has 0 saturated heterocycles. The maximum atomic E-state index is 6.02. The lowest BCUT2D eigenvalue weighted by Gasteiger charge is -2.15. The van der Waals surface area contributed by atoms with Gasteiger partial charge in [0.1, 0.15) is 5.75 Å². The second kappa shape index (κ2) is 6.59. The maximum Gasteiger partial charge on any atom is 0.124 e. The molecular weight excluding hydrogens is 250 g/mol. The smallest absolute Gasteiger partial charge is 0.124 e. The topological polar surface area (TPSA) is 30.5 Å². The van der Waals surface area contributed by atoms with Gasteiger partial charge in [0.05, 0.1) is 19.8 Å². The summed E-state index contributed by atoms with van der Waals surface area (Å²) in [7, 11) is 1.73. The zero-order chi connectivity index (χ0) is 13.8. The van der Waals surface area contributed by atoms with Gasteiger partial charge in [-0.1, -0.05) is 18.9 Å². The Bertz CT molecular complexity index is 437. The van der Waals surface area contributed by atoms with E-state index in [0.717, 1.165) is 18.3 Å². The summed E-state index contributed by atoms with van der Waals surface area (Å²) in [6, 6.07) is 7.18. The van der Waals surface area contributed by atoms with Crippen LogP contribution in [0.1, 0.15) is 49.7 Å². The van der Waals surface area contributed by atoms with Crippen LogP contribution < -0.4 is 10.1 Å². The first kappa shape index (κ1) is 13.9. The van der Waals surface area contributed by atoms with Crippen LogP contribution in [0.4, 0.5) is 0 Å². The molecule has 0 heterocycles. The predicted octanol–water partition coefficient (Wildman–Crippen LogP) is 3.41. The number of ether oxygens (including phenoxy) is 2. The molecule has 1 aromatic carbocycles. The van der Waals surface area contributed by atoms with Crippen LogP contribution in [0.2, 0.25) is 0 Å². The standard InChI is InChI=1S/C17H25NO2/c1-19-17-9-6-13(11-18-15-7-8-15)10-14(17)12-20-16-4-2-3-5-16/h6,9-10,15-16,18H,2-5,7-8,11-12H2,1H3. The Hall–Kier alpha value is -1.06. The van der Waals surface area contributed by atoms with E-state index in [-0.39, 0.29) is 0 Å². The lowest BCUT2D eigenvalue weighted by Crippen LogP contribution is -2.15. The molecular formula is C17H25NO2. The molecule has 0 aromatic heterocycles. The lowest BCUT2D eigenvalue weighted by atomic mass is 10.1. The van der Waals surface area contributed by atoms with Crippen molar-refractivity contribution < 1.29 is 9.47 Å². The molecule has 2 aliphatic carbocycles. The van der Waals surface area contributed by atoms with Gasteiger partial charge in [-0.05, 0) is 43.4 Å². The first-order chi connectivity index (χ1) is 9.85. The van der Waals surface area contributed by atoms with Crippen LogP contribution in [0, 0.1) is 0 Å². The molecule has 0 unspecified atom stereocenters. The Morgan fingerprint density at radius 2 is 1.95 bits per heavy atom. The number of nitrogens with one attached hydrogen (secondary N) is 1. The summed E-state index contributed by atoms with van der Waals surface area (Å²) in [5, 5.41) is 3.55. The molecule has 0 amide bonds. The number of methoxy groups -OCH3 is 1. The second-order valence-electron chi connectivity index (χ2n) is 6.02. The van der Waals surface area contributed by atoms with Crippen molar-refractivity contribution in [2.24, 2.45) is 0 Å². The van der Waals surface area contributed by atoms with E-state index in [2.05, 4.69) is 23.5 Å². The Morgan fingerprint density at radius 3 is 2.65 bits per heavy atom. The highest BCUT2D eigenvalue weighted by atomic mass is 16.5. The molecule has 1 N–H and O–H groups in total. The van der Waals surface area contributed by atoms with E-state index in [4.69, 9.17) is 9.47 Å². The van der Waals surface area contributed by atoms with Crippen LogP contribution in [-0.2, 0) is 17.9 Å². The average Bonchev–Trinajstić information content (AvgIpc) is 3.17. The molecule has 3 heteroatoms. The first-order valence-electron chi connectivity index (χ1n) is 7.86. The molecule has 2 saturated carbocycles. The highest BCUT2D eigenvalue weighted by molar-refractivity contribution is 5.37. The van der Waals surface area contributed by atoms with E-state index >= 15 is 0 Å². The van der Waals surface area contributed by atoms with Crippen molar-refractivity contribution in [1.29, 1.82) is 0 Å². The van der Waals surface area contributed by atoms with E-state index in [1.54, 1.807) is 7.11 Å². The van der Waals surface area contributed by atoms with Crippen molar-refractivity contribution in [2.45, 2.75) is 63.8 Å². The molecule has 1 aromatic rings. The fraction of sp³-hybridized carbons (Fsp3) is 0.647. The molecule has 3 rings (SSSR count). The minimum atomic E-state index is 0.452. The summed E-state index contributed by atoms with van der Waals surface area (Å²) < 4.78 is 11.5. The highest BCUT2D eigenvalue weighted by Crippen LogP contribution is 2.26. The molecule has 2 fully saturated rings. The highest BCUT2D eigenvalue weighted by Gasteiger charge is 2.20. The van der Waals surface area contributed by atoms with E-state index in [9.17, 15) is 0 Å². The summed E-state index contributed by atoms with van der Waals surface area (Å²) in [6.45, 7) is 1.62. The SMILES string of the molecule is COc1ccc(CNC2CC2)cc1COC1CCCC1. The second-order valence-corrected chi connectivity index (χ2v) is 6.02. The van der Waals surface area contributed by atoms with E-state index in [1.807, 2.05) is 0 Å². The van der Waals surface area contributed by atoms with Crippen molar-refractivity contribution in [3.8, 4) is 5.75 Å². The van der Waals surface area contributed by atoms with Crippen LogP contribution in [0.3, 0.4) is 0 Å². The number of hydrogen-bond donors (Lipinski definition) is 1. The molecule has 0 radical (unpaired) electrons. The van der Waals surface area contributed by atoms with Gasteiger partial charge in [0, 0.05) is 18.2 Å². The van der Waals surface area contributed by atoms with Crippen molar-refractivity contribution >= 4 is 0 Å². The third kappa shape index (κ3) is 3.74. The first-order valence-corrected chi connectivity index (χ1v) is 7.86. The number of rotatable bonds is 7. The van der Waals surface area contributed by atoms with Gasteiger partial charge in [-0.3, -0.25) is 0 Å². The van der Waals surface area contributed by atoms with Gasteiger partial charge in [-0.15, -0.1) is 0 Å². The third-order valence-corrected chi connectivity index (χ3v) is 4.29. The molecule has 3 nitrogen and oxygen atoms in total. The largest absolute Gasteiger partial charge is 0.496 e. The quantitative estimate of drug-likeness (QED) is 0.827. The van der Waals surface area contributed by atoms with Crippen molar-refractivity contribution in [3.05, 3.63) is 29.3 Å². The molecule has 110 valence electrons. The lowest BCUT2D eigenvalue weighted by molar-refractivity contribution is 0.0446. The molecule has 2 aliphatic rings. The van der Waals surface area contributed by atoms with Gasteiger partial charge in [-0.2, -0.15) is 0 Å². The fourth-order valence-corrected chi connectivity index (χ4v) is 2.87. The van der Waals surface area contributed by atoms with Gasteiger partial charge in [-0.25, -0.2) is 0 Å². The number of benzene rings is 1. The zero-order valence-electron chi connectivity index (χ0n) is 12.4. The van der Waals surface area contributed by atoms with Gasteiger partial charge >= 0.3 is 0 Å². The third-order valence-electron chi connectivity index (χ3n) is 4.29. The zero-order valence-corrected chi connectivity index (χ0v) is 12.4. The minimum absolute atomic E-state index is 0.452. The molecule has 0 atom stereocenters. The monoisotopic (exact) mass is 275 g/mol. The molecule has 0 spiro atoms. The van der Waals surface area contributed by atoms with Crippen molar-refractivity contribution in [1.82, 2.24) is 5.32 Å². The van der Waals surface area contributed by atoms with E-state index < -0.39 is 0 Å². The molecule has 0 bridgehead atoms. The summed E-state index contributed by atoms with van der Waals surface area (Å²) >= 11 is 0. The van der Waals surface area contributed by atoms with Gasteiger partial charge in [0.2, 0.25) is 0 Å². The minimum Gasteiger partial charge on any atom is -0.496 e. The van der Waals surface area contributed by atoms with Crippen LogP contribution in [0.5, 0.6) is 5.75 Å². The van der Waals surface area contributed by atoms with Crippen molar-refractivity contribution in [3.63, 3.8) is 0 Å². The van der Waals surface area contributed by atoms with Crippen LogP contribution in [0.25, 0.3) is 0 Å². The van der Waals surface area contributed by atoms with Crippen molar-refractivity contribution in [2.75, 3.05) is 7.11 Å². The Balaban J connectivity index is 1.60. The normalized spacial score (nSPS) is 19.4. The van der Waals surface area contributed by atoms with Crippen LogP contribution in [-0.4, -0.2) is 19.3 Å². The maximum absolute atomic E-state index is 6.02. The predicted molar refractivity (Wildman–Crippen MR) is 79.9 cm³/mol. The Morgan fingerprint density at radius 1 is 1.15 bits per heavy atom. The summed E-state index contributed by atoms with van der Waals surface area (Å²) in [4.78, 5) is 0. The Labute approximate surface area is 121 Å². The van der Waals surface area contributed by atoms with Gasteiger partial charge < -0.3 is 14.8 Å². The summed E-state index contributed by atoms with van der Waals surface area (Å²) in [5.41, 5.74) is 2.50. The molecule has 0 aliphatic heterocycles. The average molecular weight is 275 g/mol. The van der Waals surface area contributed by atoms with E-state index in [0.29, 0.717) is 12.7 Å². The van der Waals surface area contributed by atoms with E-state index in [1.165, 1.54) is 49.7 Å².